The number of amides is 1. The number of hydrogen-bond donors (Lipinski definition) is 1. The molecule has 1 aliphatic heterocycles. The van der Waals surface area contributed by atoms with Crippen molar-refractivity contribution in [2.45, 2.75) is 19.1 Å². The number of esters is 1. The number of rotatable bonds is 2. The van der Waals surface area contributed by atoms with Gasteiger partial charge in [-0.05, 0) is 12.5 Å². The van der Waals surface area contributed by atoms with E-state index < -0.39 is 30.1 Å². The van der Waals surface area contributed by atoms with E-state index in [1.165, 1.54) is 7.11 Å². The molecule has 0 saturated carbocycles. The van der Waals surface area contributed by atoms with E-state index in [0.29, 0.717) is 0 Å². The molecular weight excluding hydrogens is 234 g/mol. The van der Waals surface area contributed by atoms with Crippen LogP contribution in [0.3, 0.4) is 0 Å². The van der Waals surface area contributed by atoms with Crippen LogP contribution in [0, 0.1) is 5.92 Å². The van der Waals surface area contributed by atoms with Crippen LogP contribution in [-0.2, 0) is 14.3 Å². The first-order valence-corrected chi connectivity index (χ1v) is 5.73. The Labute approximate surface area is 105 Å². The van der Waals surface area contributed by atoms with Gasteiger partial charge in [-0.1, -0.05) is 30.3 Å². The Balaban J connectivity index is 2.33. The summed E-state index contributed by atoms with van der Waals surface area (Å²) in [5.74, 6) is -0.938. The summed E-state index contributed by atoms with van der Waals surface area (Å²) in [5.41, 5.74) is 0.858. The lowest BCUT2D eigenvalue weighted by atomic mass is 9.88. The SMILES string of the molecule is COC(=O)[C@H]1[C@@H](c2ccccc2)NC(=O)O[C@@H]1C. The number of ether oxygens (including phenoxy) is 2. The summed E-state index contributed by atoms with van der Waals surface area (Å²) in [6.07, 6.45) is -1.03. The molecule has 0 aliphatic carbocycles. The molecule has 96 valence electrons. The largest absolute Gasteiger partial charge is 0.469 e. The number of methoxy groups -OCH3 is 1. The van der Waals surface area contributed by atoms with Crippen LogP contribution in [0.4, 0.5) is 4.79 Å². The monoisotopic (exact) mass is 249 g/mol. The molecule has 18 heavy (non-hydrogen) atoms. The van der Waals surface area contributed by atoms with Crippen LogP contribution in [0.5, 0.6) is 0 Å². The van der Waals surface area contributed by atoms with Gasteiger partial charge in [-0.15, -0.1) is 0 Å². The fraction of sp³-hybridized carbons (Fsp3) is 0.385. The highest BCUT2D eigenvalue weighted by Gasteiger charge is 2.42. The summed E-state index contributed by atoms with van der Waals surface area (Å²) < 4.78 is 9.80. The standard InChI is InChI=1S/C13H15NO4/c1-8-10(12(15)17-2)11(14-13(16)18-8)9-6-4-3-5-7-9/h3-8,10-11H,1-2H3,(H,14,16)/t8-,10-,11-/m1/s1. The molecule has 1 N–H and O–H groups in total. The van der Waals surface area contributed by atoms with E-state index in [-0.39, 0.29) is 0 Å². The Bertz CT molecular complexity index is 446. The van der Waals surface area contributed by atoms with Crippen molar-refractivity contribution in [2.24, 2.45) is 5.92 Å². The average molecular weight is 249 g/mol. The molecule has 1 fully saturated rings. The summed E-state index contributed by atoms with van der Waals surface area (Å²) in [6.45, 7) is 1.69. The maximum absolute atomic E-state index is 11.8. The molecule has 1 amide bonds. The Morgan fingerprint density at radius 2 is 2.00 bits per heavy atom. The molecule has 0 spiro atoms. The zero-order valence-electron chi connectivity index (χ0n) is 10.3. The molecule has 1 aromatic rings. The molecule has 2 rings (SSSR count). The van der Waals surface area contributed by atoms with Crippen molar-refractivity contribution in [3.8, 4) is 0 Å². The minimum absolute atomic E-state index is 0.392. The molecule has 1 aromatic carbocycles. The van der Waals surface area contributed by atoms with E-state index in [1.54, 1.807) is 6.92 Å². The van der Waals surface area contributed by atoms with E-state index in [0.717, 1.165) is 5.56 Å². The quantitative estimate of drug-likeness (QED) is 0.809. The number of cyclic esters (lactones) is 1. The predicted molar refractivity (Wildman–Crippen MR) is 63.8 cm³/mol. The smallest absolute Gasteiger partial charge is 0.407 e. The van der Waals surface area contributed by atoms with Crippen LogP contribution in [0.2, 0.25) is 0 Å². The normalized spacial score (nSPS) is 27.0. The lowest BCUT2D eigenvalue weighted by molar-refractivity contribution is -0.152. The molecule has 0 aromatic heterocycles. The second-order valence-electron chi connectivity index (χ2n) is 4.19. The van der Waals surface area contributed by atoms with Gasteiger partial charge in [0.05, 0.1) is 13.2 Å². The number of nitrogens with one attached hydrogen (secondary N) is 1. The van der Waals surface area contributed by atoms with Crippen molar-refractivity contribution in [1.29, 1.82) is 0 Å². The van der Waals surface area contributed by atoms with Gasteiger partial charge in [-0.25, -0.2) is 4.79 Å². The molecule has 0 unspecified atom stereocenters. The van der Waals surface area contributed by atoms with E-state index in [9.17, 15) is 9.59 Å². The maximum atomic E-state index is 11.8. The lowest BCUT2D eigenvalue weighted by Gasteiger charge is -2.35. The van der Waals surface area contributed by atoms with Crippen LogP contribution in [0.25, 0.3) is 0 Å². The predicted octanol–water partition coefficient (Wildman–Crippen LogP) is 1.65. The fourth-order valence-corrected chi connectivity index (χ4v) is 2.18. The van der Waals surface area contributed by atoms with Crippen LogP contribution >= 0.6 is 0 Å². The van der Waals surface area contributed by atoms with Gasteiger partial charge in [0.2, 0.25) is 0 Å². The zero-order valence-corrected chi connectivity index (χ0v) is 10.3. The summed E-state index contributed by atoms with van der Waals surface area (Å²) in [7, 11) is 1.33. The van der Waals surface area contributed by atoms with Crippen molar-refractivity contribution < 1.29 is 19.1 Å². The third-order valence-electron chi connectivity index (χ3n) is 3.06. The Morgan fingerprint density at radius 3 is 2.61 bits per heavy atom. The van der Waals surface area contributed by atoms with Gasteiger partial charge in [0, 0.05) is 0 Å². The van der Waals surface area contributed by atoms with E-state index in [2.05, 4.69) is 5.32 Å². The number of alkyl carbamates (subject to hydrolysis) is 1. The Hall–Kier alpha value is -2.04. The van der Waals surface area contributed by atoms with E-state index in [4.69, 9.17) is 9.47 Å². The van der Waals surface area contributed by atoms with E-state index in [1.807, 2.05) is 30.3 Å². The third kappa shape index (κ3) is 2.30. The van der Waals surface area contributed by atoms with Gasteiger partial charge in [-0.2, -0.15) is 0 Å². The highest BCUT2D eigenvalue weighted by Crippen LogP contribution is 2.30. The van der Waals surface area contributed by atoms with Crippen LogP contribution in [0.15, 0.2) is 30.3 Å². The molecule has 0 bridgehead atoms. The Kier molecular flexibility index (Phi) is 3.50. The van der Waals surface area contributed by atoms with Crippen molar-refractivity contribution in [2.75, 3.05) is 7.11 Å². The second-order valence-corrected chi connectivity index (χ2v) is 4.19. The zero-order chi connectivity index (χ0) is 13.1. The summed E-state index contributed by atoms with van der Waals surface area (Å²) in [4.78, 5) is 23.2. The van der Waals surface area contributed by atoms with Gasteiger partial charge in [0.15, 0.2) is 0 Å². The van der Waals surface area contributed by atoms with Gasteiger partial charge in [-0.3, -0.25) is 4.79 Å². The molecule has 1 saturated heterocycles. The van der Waals surface area contributed by atoms with Gasteiger partial charge >= 0.3 is 12.1 Å². The topological polar surface area (TPSA) is 64.6 Å². The van der Waals surface area contributed by atoms with Crippen LogP contribution < -0.4 is 5.32 Å². The first-order valence-electron chi connectivity index (χ1n) is 5.73. The van der Waals surface area contributed by atoms with Crippen molar-refractivity contribution in [3.63, 3.8) is 0 Å². The first-order chi connectivity index (χ1) is 8.63. The fourth-order valence-electron chi connectivity index (χ4n) is 2.18. The number of carbonyl (C=O) groups excluding carboxylic acids is 2. The minimum atomic E-state index is -0.546. The van der Waals surface area contributed by atoms with Crippen molar-refractivity contribution >= 4 is 12.1 Å². The molecule has 1 aliphatic rings. The van der Waals surface area contributed by atoms with Crippen molar-refractivity contribution in [1.82, 2.24) is 5.32 Å². The average Bonchev–Trinajstić information content (AvgIpc) is 2.38. The summed E-state index contributed by atoms with van der Waals surface area (Å²) in [6, 6.07) is 8.89. The van der Waals surface area contributed by atoms with Gasteiger partial charge in [0.25, 0.3) is 0 Å². The summed E-state index contributed by atoms with van der Waals surface area (Å²) in [5, 5.41) is 2.67. The number of benzene rings is 1. The lowest BCUT2D eigenvalue weighted by Crippen LogP contribution is -2.49. The number of carbonyl (C=O) groups is 2. The van der Waals surface area contributed by atoms with Gasteiger partial charge in [0.1, 0.15) is 12.0 Å². The Morgan fingerprint density at radius 1 is 1.33 bits per heavy atom. The summed E-state index contributed by atoms with van der Waals surface area (Å²) >= 11 is 0. The molecular formula is C13H15NO4. The number of hydrogen-bond acceptors (Lipinski definition) is 4. The third-order valence-corrected chi connectivity index (χ3v) is 3.06. The van der Waals surface area contributed by atoms with E-state index >= 15 is 0 Å². The maximum Gasteiger partial charge on any atom is 0.407 e. The molecule has 3 atom stereocenters. The van der Waals surface area contributed by atoms with Crippen LogP contribution in [-0.4, -0.2) is 25.3 Å². The second kappa shape index (κ2) is 5.08. The highest BCUT2D eigenvalue weighted by atomic mass is 16.6. The first kappa shape index (κ1) is 12.4. The van der Waals surface area contributed by atoms with Crippen LogP contribution in [0.1, 0.15) is 18.5 Å². The molecule has 5 nitrogen and oxygen atoms in total. The van der Waals surface area contributed by atoms with Crippen molar-refractivity contribution in [3.05, 3.63) is 35.9 Å². The van der Waals surface area contributed by atoms with Gasteiger partial charge < -0.3 is 14.8 Å². The molecule has 1 heterocycles. The molecule has 0 radical (unpaired) electrons. The molecule has 5 heteroatoms. The highest BCUT2D eigenvalue weighted by molar-refractivity contribution is 5.78. The minimum Gasteiger partial charge on any atom is -0.469 e.